The third-order valence-electron chi connectivity index (χ3n) is 13.1. The molecule has 0 aliphatic heterocycles. The molecule has 0 amide bonds. The second-order valence-corrected chi connectivity index (χ2v) is 28.8. The van der Waals surface area contributed by atoms with E-state index in [0.717, 1.165) is 94.7 Å². The highest BCUT2D eigenvalue weighted by molar-refractivity contribution is 4.39. The molecule has 80 heavy (non-hydrogen) atoms. The van der Waals surface area contributed by atoms with Crippen LogP contribution in [0, 0.1) is 94.7 Å². The fourth-order valence-corrected chi connectivity index (χ4v) is 0. The van der Waals surface area contributed by atoms with Gasteiger partial charge in [-0.25, -0.2) is 0 Å². The normalized spacial score (nSPS) is 9.60. The van der Waals surface area contributed by atoms with Crippen LogP contribution in [0.4, 0.5) is 0 Å². The first-order chi connectivity index (χ1) is 36.3. The zero-order valence-corrected chi connectivity index (χ0v) is 68.6. The molecule has 0 heteroatoms. The lowest BCUT2D eigenvalue weighted by Gasteiger charge is -1.90. The Morgan fingerprint density at radius 2 is 0.100 bits per heavy atom. The average Bonchev–Trinajstić information content (AvgIpc) is 3.40. The molecule has 0 rings (SSSR count). The van der Waals surface area contributed by atoms with Crippen molar-refractivity contribution >= 4 is 0 Å². The second-order valence-electron chi connectivity index (χ2n) is 28.8. The Labute approximate surface area is 527 Å². The maximum Gasteiger partial charge on any atom is -0.0474 e. The summed E-state index contributed by atoms with van der Waals surface area (Å²) in [6.45, 7) is 106. The Kier molecular flexibility index (Phi) is 179. The molecule has 0 aromatic carbocycles. The van der Waals surface area contributed by atoms with Gasteiger partial charge in [-0.3, -0.25) is 0 Å². The van der Waals surface area contributed by atoms with E-state index in [1.807, 2.05) is 0 Å². The van der Waals surface area contributed by atoms with Gasteiger partial charge >= 0.3 is 0 Å². The Morgan fingerprint density at radius 1 is 0.0875 bits per heavy atom. The fourth-order valence-electron chi connectivity index (χ4n) is 0. The first-order valence-electron chi connectivity index (χ1n) is 36.3. The zero-order chi connectivity index (χ0) is 68.6. The molecule has 0 saturated carbocycles. The van der Waals surface area contributed by atoms with Crippen molar-refractivity contribution in [1.29, 1.82) is 0 Å². The van der Waals surface area contributed by atoms with Gasteiger partial charge in [-0.1, -0.05) is 435 Å². The third-order valence-corrected chi connectivity index (χ3v) is 13.1. The molecule has 512 valence electrons. The minimum atomic E-state index is 0.884. The van der Waals surface area contributed by atoms with E-state index in [-0.39, 0.29) is 0 Å². The van der Waals surface area contributed by atoms with Gasteiger partial charge in [0, 0.05) is 0 Å². The average molecular weight is 1150 g/mol. The van der Waals surface area contributed by atoms with E-state index in [9.17, 15) is 0 Å². The van der Waals surface area contributed by atoms with Crippen molar-refractivity contribution in [3.63, 3.8) is 0 Å². The van der Waals surface area contributed by atoms with Crippen molar-refractivity contribution in [3.8, 4) is 0 Å². The highest BCUT2D eigenvalue weighted by Gasteiger charge is 1.86. The molecule has 0 aromatic heterocycles. The van der Waals surface area contributed by atoms with Crippen LogP contribution < -0.4 is 0 Å². The van der Waals surface area contributed by atoms with Crippen molar-refractivity contribution in [2.45, 2.75) is 435 Å². The van der Waals surface area contributed by atoms with Crippen LogP contribution in [0.15, 0.2) is 0 Å². The van der Waals surface area contributed by atoms with Crippen molar-refractivity contribution in [2.75, 3.05) is 0 Å². The summed E-state index contributed by atoms with van der Waals surface area (Å²) in [6.07, 6.45) is 20.9. The molecule has 0 spiro atoms. The number of rotatable bonds is 16. The van der Waals surface area contributed by atoms with E-state index in [4.69, 9.17) is 0 Å². The predicted molar refractivity (Wildman–Crippen MR) is 402 cm³/mol. The summed E-state index contributed by atoms with van der Waals surface area (Å²) in [5.41, 5.74) is 0. The largest absolute Gasteiger partial charge is 0.0651 e. The highest BCUT2D eigenvalue weighted by atomic mass is 13.9. The Bertz CT molecular complexity index is 480. The maximum atomic E-state index is 2.22. The quantitative estimate of drug-likeness (QED) is 0.144. The van der Waals surface area contributed by atoms with Crippen LogP contribution >= 0.6 is 0 Å². The van der Waals surface area contributed by atoms with Crippen LogP contribution in [0.2, 0.25) is 0 Å². The predicted octanol–water partition coefficient (Wildman–Crippen LogP) is 32.8. The van der Waals surface area contributed by atoms with Gasteiger partial charge in [-0.05, 0) is 94.7 Å². The summed E-state index contributed by atoms with van der Waals surface area (Å²) in [5, 5.41) is 0. The zero-order valence-electron chi connectivity index (χ0n) is 68.6. The summed E-state index contributed by atoms with van der Waals surface area (Å²) < 4.78 is 0. The second kappa shape index (κ2) is 117. The molecule has 0 heterocycles. The van der Waals surface area contributed by atoms with Gasteiger partial charge in [0.25, 0.3) is 0 Å². The molecule has 0 aliphatic rings. The summed E-state index contributed by atoms with van der Waals surface area (Å²) in [5.74, 6) is 14.1. The van der Waals surface area contributed by atoms with Gasteiger partial charge in [-0.2, -0.15) is 0 Å². The van der Waals surface area contributed by atoms with Crippen LogP contribution in [0.5, 0.6) is 0 Å². The number of hydrogen-bond donors (Lipinski definition) is 0. The van der Waals surface area contributed by atoms with E-state index < -0.39 is 0 Å². The molecule has 0 bridgehead atoms. The molecule has 0 aromatic rings. The topological polar surface area (TPSA) is 0 Å². The lowest BCUT2D eigenvalue weighted by atomic mass is 10.2. The molecule has 0 aliphatic carbocycles. The van der Waals surface area contributed by atoms with E-state index in [1.165, 1.54) is 103 Å². The van der Waals surface area contributed by atoms with E-state index in [0.29, 0.717) is 0 Å². The smallest absolute Gasteiger partial charge is 0.0474 e. The minimum Gasteiger partial charge on any atom is -0.0651 e. The minimum absolute atomic E-state index is 0.884. The van der Waals surface area contributed by atoms with E-state index >= 15 is 0 Å². The Balaban J connectivity index is -0.0000000390. The number of hydrogen-bond acceptors (Lipinski definition) is 0. The van der Waals surface area contributed by atoms with Crippen LogP contribution in [0.1, 0.15) is 435 Å². The van der Waals surface area contributed by atoms with E-state index in [1.54, 1.807) is 0 Å². The van der Waals surface area contributed by atoms with Crippen molar-refractivity contribution in [2.24, 2.45) is 94.7 Å². The van der Waals surface area contributed by atoms with Crippen LogP contribution in [0.25, 0.3) is 0 Å². The molecular formula is C80H192. The van der Waals surface area contributed by atoms with Gasteiger partial charge in [0.2, 0.25) is 0 Å². The van der Waals surface area contributed by atoms with Crippen LogP contribution in [0.3, 0.4) is 0 Å². The standard InChI is InChI=1S/16C5H12/c16*1-4-5(2)3/h16*5H,4H2,1-3H3. The Hall–Kier alpha value is 0. The fraction of sp³-hybridized carbons (Fsp3) is 1.00. The van der Waals surface area contributed by atoms with Crippen molar-refractivity contribution in [3.05, 3.63) is 0 Å². The Morgan fingerprint density at radius 3 is 0.100 bits per heavy atom. The molecule has 0 N–H and O–H groups in total. The van der Waals surface area contributed by atoms with Crippen molar-refractivity contribution < 1.29 is 0 Å². The summed E-state index contributed by atoms with van der Waals surface area (Å²) in [7, 11) is 0. The first-order valence-corrected chi connectivity index (χ1v) is 36.3. The van der Waals surface area contributed by atoms with Gasteiger partial charge in [-0.15, -0.1) is 0 Å². The monoisotopic (exact) mass is 1150 g/mol. The maximum absolute atomic E-state index is 2.22. The lowest BCUT2D eigenvalue weighted by molar-refractivity contribution is 0.626. The lowest BCUT2D eigenvalue weighted by Crippen LogP contribution is -1.77. The van der Waals surface area contributed by atoms with E-state index in [2.05, 4.69) is 332 Å². The first kappa shape index (κ1) is 122. The molecule has 0 nitrogen and oxygen atoms in total. The SMILES string of the molecule is CCC(C)C.CCC(C)C.CCC(C)C.CCC(C)C.CCC(C)C.CCC(C)C.CCC(C)C.CCC(C)C.CCC(C)C.CCC(C)C.CCC(C)C.CCC(C)C.CCC(C)C.CCC(C)C.CCC(C)C.CCC(C)C. The summed E-state index contributed by atoms with van der Waals surface area (Å²) >= 11 is 0. The molecule has 0 radical (unpaired) electrons. The van der Waals surface area contributed by atoms with Gasteiger partial charge in [0.15, 0.2) is 0 Å². The van der Waals surface area contributed by atoms with Crippen molar-refractivity contribution in [1.82, 2.24) is 0 Å². The van der Waals surface area contributed by atoms with Gasteiger partial charge < -0.3 is 0 Å². The molecule has 0 fully saturated rings. The van der Waals surface area contributed by atoms with Crippen LogP contribution in [-0.4, -0.2) is 0 Å². The molecule has 0 atom stereocenters. The van der Waals surface area contributed by atoms with Crippen LogP contribution in [-0.2, 0) is 0 Å². The highest BCUT2D eigenvalue weighted by Crippen LogP contribution is 2.00. The van der Waals surface area contributed by atoms with Gasteiger partial charge in [0.1, 0.15) is 0 Å². The summed E-state index contributed by atoms with van der Waals surface area (Å²) in [4.78, 5) is 0. The molecule has 0 saturated heterocycles. The van der Waals surface area contributed by atoms with Gasteiger partial charge in [0.05, 0.1) is 0 Å². The summed E-state index contributed by atoms with van der Waals surface area (Å²) in [6, 6.07) is 0. The third kappa shape index (κ3) is 452. The molecular weight excluding hydrogens is 961 g/mol. The molecule has 0 unspecified atom stereocenters.